The fourth-order valence-electron chi connectivity index (χ4n) is 1.82. The first-order valence-electron chi connectivity index (χ1n) is 7.12. The first-order valence-corrected chi connectivity index (χ1v) is 8.00. The number of aliphatic hydroxyl groups is 1. The van der Waals surface area contributed by atoms with Gasteiger partial charge in [-0.25, -0.2) is 0 Å². The summed E-state index contributed by atoms with van der Waals surface area (Å²) in [4.78, 5) is 1.30. The molecule has 0 saturated carbocycles. The van der Waals surface area contributed by atoms with Gasteiger partial charge in [0.15, 0.2) is 0 Å². The van der Waals surface area contributed by atoms with Crippen molar-refractivity contribution in [3.8, 4) is 0 Å². The van der Waals surface area contributed by atoms with E-state index >= 15 is 0 Å². The first-order chi connectivity index (χ1) is 9.09. The molecule has 0 aliphatic rings. The highest BCUT2D eigenvalue weighted by Gasteiger charge is 2.09. The Balaban J connectivity index is 2.03. The highest BCUT2D eigenvalue weighted by Crippen LogP contribution is 2.17. The third-order valence-corrected chi connectivity index (χ3v) is 4.07. The molecule has 19 heavy (non-hydrogen) atoms. The zero-order chi connectivity index (χ0) is 14.1. The fraction of sp³-hybridized carbons (Fsp3) is 0.733. The lowest BCUT2D eigenvalue weighted by atomic mass is 10.1. The summed E-state index contributed by atoms with van der Waals surface area (Å²) in [5, 5.41) is 15.2. The van der Waals surface area contributed by atoms with Crippen molar-refractivity contribution in [2.24, 2.45) is 5.92 Å². The number of ether oxygens (including phenoxy) is 1. The standard InChI is InChI=1S/C15H27NO2S/c1-12(2)6-4-8-18-11-14(17)10-16-13(3)15-7-5-9-19-15/h5,7,9,12-14,16-17H,4,6,8,10-11H2,1-3H3/t13-,14?/m0/s1. The van der Waals surface area contributed by atoms with Crippen LogP contribution in [0.1, 0.15) is 44.5 Å². The maximum Gasteiger partial charge on any atom is 0.0897 e. The van der Waals surface area contributed by atoms with Crippen molar-refractivity contribution < 1.29 is 9.84 Å². The zero-order valence-electron chi connectivity index (χ0n) is 12.3. The van der Waals surface area contributed by atoms with Crippen LogP contribution in [0.3, 0.4) is 0 Å². The smallest absolute Gasteiger partial charge is 0.0897 e. The van der Waals surface area contributed by atoms with Crippen LogP contribution in [-0.4, -0.2) is 31.0 Å². The Hall–Kier alpha value is -0.420. The van der Waals surface area contributed by atoms with Crippen LogP contribution >= 0.6 is 11.3 Å². The van der Waals surface area contributed by atoms with Gasteiger partial charge in [-0.3, -0.25) is 0 Å². The first kappa shape index (κ1) is 16.6. The summed E-state index contributed by atoms with van der Waals surface area (Å²) in [6.45, 7) is 8.28. The monoisotopic (exact) mass is 285 g/mol. The Bertz CT molecular complexity index is 314. The molecule has 3 nitrogen and oxygen atoms in total. The molecule has 4 heteroatoms. The lowest BCUT2D eigenvalue weighted by Gasteiger charge is -2.16. The average molecular weight is 285 g/mol. The second-order valence-corrected chi connectivity index (χ2v) is 6.39. The largest absolute Gasteiger partial charge is 0.389 e. The molecule has 0 bridgehead atoms. The van der Waals surface area contributed by atoms with E-state index in [9.17, 15) is 5.11 Å². The van der Waals surface area contributed by atoms with Crippen molar-refractivity contribution in [3.63, 3.8) is 0 Å². The SMILES string of the molecule is CC(C)CCCOCC(O)CN[C@@H](C)c1cccs1. The predicted octanol–water partition coefficient (Wildman–Crippen LogP) is 3.21. The molecule has 2 N–H and O–H groups in total. The summed E-state index contributed by atoms with van der Waals surface area (Å²) < 4.78 is 5.48. The minimum Gasteiger partial charge on any atom is -0.389 e. The Kier molecular flexibility index (Phi) is 8.30. The van der Waals surface area contributed by atoms with E-state index in [0.29, 0.717) is 13.2 Å². The van der Waals surface area contributed by atoms with Crippen LogP contribution < -0.4 is 5.32 Å². The van der Waals surface area contributed by atoms with Gasteiger partial charge in [-0.05, 0) is 37.1 Å². The van der Waals surface area contributed by atoms with Gasteiger partial charge in [0.25, 0.3) is 0 Å². The Morgan fingerprint density at radius 2 is 2.16 bits per heavy atom. The Morgan fingerprint density at radius 1 is 1.37 bits per heavy atom. The van der Waals surface area contributed by atoms with E-state index in [1.165, 1.54) is 11.3 Å². The molecule has 0 aliphatic carbocycles. The molecule has 1 rings (SSSR count). The van der Waals surface area contributed by atoms with Gasteiger partial charge in [0.2, 0.25) is 0 Å². The maximum absolute atomic E-state index is 9.82. The molecular formula is C15H27NO2S. The minimum absolute atomic E-state index is 0.288. The van der Waals surface area contributed by atoms with Gasteiger partial charge in [-0.1, -0.05) is 19.9 Å². The molecule has 1 aromatic heterocycles. The second kappa shape index (κ2) is 9.48. The van der Waals surface area contributed by atoms with E-state index in [4.69, 9.17) is 4.74 Å². The molecular weight excluding hydrogens is 258 g/mol. The normalized spacial score (nSPS) is 14.8. The molecule has 0 spiro atoms. The number of aliphatic hydroxyl groups excluding tert-OH is 1. The van der Waals surface area contributed by atoms with E-state index in [-0.39, 0.29) is 6.04 Å². The van der Waals surface area contributed by atoms with Crippen LogP contribution in [0.25, 0.3) is 0 Å². The number of hydrogen-bond donors (Lipinski definition) is 2. The molecule has 0 saturated heterocycles. The van der Waals surface area contributed by atoms with Gasteiger partial charge < -0.3 is 15.2 Å². The van der Waals surface area contributed by atoms with Crippen LogP contribution in [0.2, 0.25) is 0 Å². The summed E-state index contributed by atoms with van der Waals surface area (Å²) in [7, 11) is 0. The van der Waals surface area contributed by atoms with Crippen LogP contribution in [0.4, 0.5) is 0 Å². The third kappa shape index (κ3) is 7.67. The van der Waals surface area contributed by atoms with Gasteiger partial charge in [-0.15, -0.1) is 11.3 Å². The Morgan fingerprint density at radius 3 is 2.79 bits per heavy atom. The van der Waals surface area contributed by atoms with Gasteiger partial charge in [0, 0.05) is 24.1 Å². The average Bonchev–Trinajstić information content (AvgIpc) is 2.89. The van der Waals surface area contributed by atoms with Gasteiger partial charge in [0.05, 0.1) is 12.7 Å². The second-order valence-electron chi connectivity index (χ2n) is 5.41. The van der Waals surface area contributed by atoms with Crippen LogP contribution in [0, 0.1) is 5.92 Å². The summed E-state index contributed by atoms with van der Waals surface area (Å²) in [6, 6.07) is 4.44. The molecule has 0 fully saturated rings. The van der Waals surface area contributed by atoms with Crippen LogP contribution in [0.15, 0.2) is 17.5 Å². The molecule has 0 aromatic carbocycles. The number of rotatable bonds is 10. The van der Waals surface area contributed by atoms with Crippen molar-refractivity contribution in [2.45, 2.75) is 45.8 Å². The maximum atomic E-state index is 9.82. The predicted molar refractivity (Wildman–Crippen MR) is 81.6 cm³/mol. The molecule has 0 amide bonds. The van der Waals surface area contributed by atoms with E-state index in [2.05, 4.69) is 37.5 Å². The summed E-state index contributed by atoms with van der Waals surface area (Å²) >= 11 is 1.73. The Labute approximate surface area is 121 Å². The van der Waals surface area contributed by atoms with Gasteiger partial charge in [0.1, 0.15) is 0 Å². The minimum atomic E-state index is -0.429. The summed E-state index contributed by atoms with van der Waals surface area (Å²) in [5.74, 6) is 0.724. The third-order valence-electron chi connectivity index (χ3n) is 3.01. The topological polar surface area (TPSA) is 41.5 Å². The molecule has 1 unspecified atom stereocenters. The zero-order valence-corrected chi connectivity index (χ0v) is 13.1. The summed E-state index contributed by atoms with van der Waals surface area (Å²) in [5.41, 5.74) is 0. The van der Waals surface area contributed by atoms with Crippen molar-refractivity contribution in [2.75, 3.05) is 19.8 Å². The van der Waals surface area contributed by atoms with E-state index in [0.717, 1.165) is 18.9 Å². The lowest BCUT2D eigenvalue weighted by molar-refractivity contribution is 0.0337. The molecule has 110 valence electrons. The van der Waals surface area contributed by atoms with E-state index < -0.39 is 6.10 Å². The number of hydrogen-bond acceptors (Lipinski definition) is 4. The highest BCUT2D eigenvalue weighted by molar-refractivity contribution is 7.10. The number of thiophene rings is 1. The molecule has 2 atom stereocenters. The van der Waals surface area contributed by atoms with E-state index in [1.54, 1.807) is 11.3 Å². The van der Waals surface area contributed by atoms with Gasteiger partial charge in [-0.2, -0.15) is 0 Å². The van der Waals surface area contributed by atoms with Gasteiger partial charge >= 0.3 is 0 Å². The molecule has 1 aromatic rings. The highest BCUT2D eigenvalue weighted by atomic mass is 32.1. The van der Waals surface area contributed by atoms with Crippen molar-refractivity contribution in [1.82, 2.24) is 5.32 Å². The molecule has 0 radical (unpaired) electrons. The van der Waals surface area contributed by atoms with E-state index in [1.807, 2.05) is 6.07 Å². The van der Waals surface area contributed by atoms with Crippen molar-refractivity contribution >= 4 is 11.3 Å². The summed E-state index contributed by atoms with van der Waals surface area (Å²) in [6.07, 6.45) is 1.83. The van der Waals surface area contributed by atoms with Crippen molar-refractivity contribution in [1.29, 1.82) is 0 Å². The molecule has 1 heterocycles. The fourth-order valence-corrected chi connectivity index (χ4v) is 2.58. The van der Waals surface area contributed by atoms with Crippen molar-refractivity contribution in [3.05, 3.63) is 22.4 Å². The molecule has 0 aliphatic heterocycles. The lowest BCUT2D eigenvalue weighted by Crippen LogP contribution is -2.32. The van der Waals surface area contributed by atoms with Crippen LogP contribution in [0.5, 0.6) is 0 Å². The van der Waals surface area contributed by atoms with Crippen LogP contribution in [-0.2, 0) is 4.74 Å². The number of nitrogens with one attached hydrogen (secondary N) is 1. The quantitative estimate of drug-likeness (QED) is 0.649.